The van der Waals surface area contributed by atoms with Gasteiger partial charge in [0.25, 0.3) is 0 Å². The SMILES string of the molecule is CCC(C)(CC)C(O)c1cn[nH]c1. The molecule has 0 radical (unpaired) electrons. The fraction of sp³-hybridized carbons (Fsp3) is 0.700. The molecule has 3 heteroatoms. The monoisotopic (exact) mass is 182 g/mol. The van der Waals surface area contributed by atoms with Crippen molar-refractivity contribution in [3.05, 3.63) is 18.0 Å². The molecule has 1 rings (SSSR count). The molecule has 1 unspecified atom stereocenters. The highest BCUT2D eigenvalue weighted by Crippen LogP contribution is 2.38. The predicted octanol–water partition coefficient (Wildman–Crippen LogP) is 2.27. The first-order valence-electron chi connectivity index (χ1n) is 4.80. The molecular formula is C10H18N2O. The minimum atomic E-state index is -0.416. The summed E-state index contributed by atoms with van der Waals surface area (Å²) in [7, 11) is 0. The zero-order valence-electron chi connectivity index (χ0n) is 8.54. The van der Waals surface area contributed by atoms with Gasteiger partial charge in [-0.15, -0.1) is 0 Å². The van der Waals surface area contributed by atoms with E-state index in [1.54, 1.807) is 12.4 Å². The van der Waals surface area contributed by atoms with Crippen LogP contribution in [0.3, 0.4) is 0 Å². The van der Waals surface area contributed by atoms with E-state index in [1.165, 1.54) is 0 Å². The van der Waals surface area contributed by atoms with Crippen molar-refractivity contribution >= 4 is 0 Å². The molecule has 3 nitrogen and oxygen atoms in total. The molecule has 0 bridgehead atoms. The molecule has 0 amide bonds. The quantitative estimate of drug-likeness (QED) is 0.750. The lowest BCUT2D eigenvalue weighted by molar-refractivity contribution is 0.0298. The number of hydrogen-bond acceptors (Lipinski definition) is 2. The third kappa shape index (κ3) is 1.91. The first-order chi connectivity index (χ1) is 6.14. The molecule has 0 aliphatic heterocycles. The van der Waals surface area contributed by atoms with Crippen LogP contribution in [0.5, 0.6) is 0 Å². The number of nitrogens with one attached hydrogen (secondary N) is 1. The van der Waals surface area contributed by atoms with E-state index in [9.17, 15) is 5.11 Å². The molecule has 0 fully saturated rings. The Morgan fingerprint density at radius 1 is 1.54 bits per heavy atom. The van der Waals surface area contributed by atoms with Gasteiger partial charge in [-0.2, -0.15) is 5.10 Å². The third-order valence-corrected chi connectivity index (χ3v) is 3.11. The fourth-order valence-corrected chi connectivity index (χ4v) is 1.45. The molecule has 0 aromatic carbocycles. The Morgan fingerprint density at radius 3 is 2.54 bits per heavy atom. The summed E-state index contributed by atoms with van der Waals surface area (Å²) in [6.45, 7) is 6.31. The van der Waals surface area contributed by atoms with Gasteiger partial charge in [0, 0.05) is 11.8 Å². The van der Waals surface area contributed by atoms with Gasteiger partial charge in [-0.25, -0.2) is 0 Å². The zero-order valence-corrected chi connectivity index (χ0v) is 8.54. The topological polar surface area (TPSA) is 48.9 Å². The van der Waals surface area contributed by atoms with Gasteiger partial charge in [0.2, 0.25) is 0 Å². The van der Waals surface area contributed by atoms with E-state index in [0.29, 0.717) is 0 Å². The van der Waals surface area contributed by atoms with Crippen LogP contribution in [0.25, 0.3) is 0 Å². The molecule has 0 aliphatic rings. The number of aliphatic hydroxyl groups is 1. The van der Waals surface area contributed by atoms with Gasteiger partial charge in [-0.05, 0) is 18.3 Å². The smallest absolute Gasteiger partial charge is 0.0873 e. The van der Waals surface area contributed by atoms with Crippen LogP contribution in [0, 0.1) is 5.41 Å². The number of rotatable bonds is 4. The molecular weight excluding hydrogens is 164 g/mol. The Bertz CT molecular complexity index is 239. The van der Waals surface area contributed by atoms with E-state index >= 15 is 0 Å². The van der Waals surface area contributed by atoms with Crippen molar-refractivity contribution in [3.63, 3.8) is 0 Å². The fourth-order valence-electron chi connectivity index (χ4n) is 1.45. The normalized spacial score (nSPS) is 14.5. The molecule has 0 aliphatic carbocycles. The minimum Gasteiger partial charge on any atom is -0.388 e. The molecule has 0 saturated carbocycles. The van der Waals surface area contributed by atoms with Crippen LogP contribution < -0.4 is 0 Å². The molecule has 1 aromatic heterocycles. The molecule has 0 spiro atoms. The van der Waals surface area contributed by atoms with E-state index < -0.39 is 6.10 Å². The summed E-state index contributed by atoms with van der Waals surface area (Å²) in [6.07, 6.45) is 4.97. The van der Waals surface area contributed by atoms with Crippen LogP contribution in [0.2, 0.25) is 0 Å². The first-order valence-corrected chi connectivity index (χ1v) is 4.80. The Labute approximate surface area is 79.2 Å². The van der Waals surface area contributed by atoms with Crippen molar-refractivity contribution in [1.29, 1.82) is 0 Å². The highest BCUT2D eigenvalue weighted by Gasteiger charge is 2.30. The van der Waals surface area contributed by atoms with E-state index in [1.807, 2.05) is 0 Å². The van der Waals surface area contributed by atoms with Gasteiger partial charge in [0.15, 0.2) is 0 Å². The van der Waals surface area contributed by atoms with Gasteiger partial charge in [0.05, 0.1) is 12.3 Å². The van der Waals surface area contributed by atoms with E-state index in [-0.39, 0.29) is 5.41 Å². The molecule has 74 valence electrons. The second-order valence-electron chi connectivity index (χ2n) is 3.80. The summed E-state index contributed by atoms with van der Waals surface area (Å²) < 4.78 is 0. The van der Waals surface area contributed by atoms with E-state index in [4.69, 9.17) is 0 Å². The summed E-state index contributed by atoms with van der Waals surface area (Å²) in [4.78, 5) is 0. The summed E-state index contributed by atoms with van der Waals surface area (Å²) in [5, 5.41) is 16.6. The molecule has 1 atom stereocenters. The van der Waals surface area contributed by atoms with Crippen LogP contribution >= 0.6 is 0 Å². The molecule has 2 N–H and O–H groups in total. The lowest BCUT2D eigenvalue weighted by Crippen LogP contribution is -2.23. The number of nitrogens with zero attached hydrogens (tertiary/aromatic N) is 1. The summed E-state index contributed by atoms with van der Waals surface area (Å²) in [5.74, 6) is 0. The summed E-state index contributed by atoms with van der Waals surface area (Å²) in [6, 6.07) is 0. The van der Waals surface area contributed by atoms with Gasteiger partial charge in [-0.3, -0.25) is 5.10 Å². The van der Waals surface area contributed by atoms with Crippen molar-refractivity contribution in [2.75, 3.05) is 0 Å². The second kappa shape index (κ2) is 3.92. The minimum absolute atomic E-state index is 0.0378. The standard InChI is InChI=1S/C10H18N2O/c1-4-10(3,5-2)9(13)8-6-11-12-7-8/h6-7,9,13H,4-5H2,1-3H3,(H,11,12). The number of aromatic amines is 1. The van der Waals surface area contributed by atoms with Crippen LogP contribution in [0.15, 0.2) is 12.4 Å². The molecule has 1 aromatic rings. The maximum absolute atomic E-state index is 10.1. The Balaban J connectivity index is 2.82. The highest BCUT2D eigenvalue weighted by atomic mass is 16.3. The molecule has 1 heterocycles. The van der Waals surface area contributed by atoms with Crippen molar-refractivity contribution in [2.45, 2.75) is 39.7 Å². The third-order valence-electron chi connectivity index (χ3n) is 3.11. The number of aromatic nitrogens is 2. The summed E-state index contributed by atoms with van der Waals surface area (Å²) in [5.41, 5.74) is 0.843. The van der Waals surface area contributed by atoms with Gasteiger partial charge >= 0.3 is 0 Å². The second-order valence-corrected chi connectivity index (χ2v) is 3.80. The van der Waals surface area contributed by atoms with Crippen LogP contribution in [-0.4, -0.2) is 15.3 Å². The zero-order chi connectivity index (χ0) is 9.90. The Hall–Kier alpha value is -0.830. The Kier molecular flexibility index (Phi) is 3.09. The number of hydrogen-bond donors (Lipinski definition) is 2. The van der Waals surface area contributed by atoms with Crippen LogP contribution in [-0.2, 0) is 0 Å². The van der Waals surface area contributed by atoms with Crippen molar-refractivity contribution < 1.29 is 5.11 Å². The largest absolute Gasteiger partial charge is 0.388 e. The average molecular weight is 182 g/mol. The van der Waals surface area contributed by atoms with Crippen molar-refractivity contribution in [1.82, 2.24) is 10.2 Å². The number of aliphatic hydroxyl groups excluding tert-OH is 1. The van der Waals surface area contributed by atoms with Gasteiger partial charge < -0.3 is 5.11 Å². The predicted molar refractivity (Wildman–Crippen MR) is 52.2 cm³/mol. The average Bonchev–Trinajstić information content (AvgIpc) is 2.68. The highest BCUT2D eigenvalue weighted by molar-refractivity contribution is 5.10. The van der Waals surface area contributed by atoms with E-state index in [2.05, 4.69) is 31.0 Å². The van der Waals surface area contributed by atoms with Gasteiger partial charge in [-0.1, -0.05) is 20.8 Å². The van der Waals surface area contributed by atoms with Crippen LogP contribution in [0.4, 0.5) is 0 Å². The molecule has 0 saturated heterocycles. The van der Waals surface area contributed by atoms with Crippen molar-refractivity contribution in [2.24, 2.45) is 5.41 Å². The van der Waals surface area contributed by atoms with E-state index in [0.717, 1.165) is 18.4 Å². The van der Waals surface area contributed by atoms with Crippen LogP contribution in [0.1, 0.15) is 45.3 Å². The lowest BCUT2D eigenvalue weighted by Gasteiger charge is -2.31. The molecule has 13 heavy (non-hydrogen) atoms. The Morgan fingerprint density at radius 2 is 2.15 bits per heavy atom. The first kappa shape index (κ1) is 10.3. The lowest BCUT2D eigenvalue weighted by atomic mass is 9.77. The maximum atomic E-state index is 10.1. The van der Waals surface area contributed by atoms with Gasteiger partial charge in [0.1, 0.15) is 0 Å². The summed E-state index contributed by atoms with van der Waals surface area (Å²) >= 11 is 0. The number of H-pyrrole nitrogens is 1. The van der Waals surface area contributed by atoms with Crippen molar-refractivity contribution in [3.8, 4) is 0 Å². The maximum Gasteiger partial charge on any atom is 0.0873 e.